The van der Waals surface area contributed by atoms with Gasteiger partial charge in [0.1, 0.15) is 18.3 Å². The lowest BCUT2D eigenvalue weighted by Gasteiger charge is -2.08. The van der Waals surface area contributed by atoms with Crippen LogP contribution in [0.2, 0.25) is 0 Å². The predicted octanol–water partition coefficient (Wildman–Crippen LogP) is 1.37. The van der Waals surface area contributed by atoms with Crippen LogP contribution in [0, 0.1) is 13.8 Å². The van der Waals surface area contributed by atoms with Crippen LogP contribution >= 0.6 is 0 Å². The van der Waals surface area contributed by atoms with Gasteiger partial charge in [-0.2, -0.15) is 5.10 Å². The largest absolute Gasteiger partial charge is 0.468 e. The van der Waals surface area contributed by atoms with Gasteiger partial charge in [-0.15, -0.1) is 0 Å². The Kier molecular flexibility index (Phi) is 3.69. The molecule has 0 radical (unpaired) electrons. The van der Waals surface area contributed by atoms with Gasteiger partial charge >= 0.3 is 5.97 Å². The number of carbonyl (C=O) groups excluding carboxylic acids is 1. The fourth-order valence-corrected chi connectivity index (χ4v) is 2.48. The second kappa shape index (κ2) is 5.68. The molecule has 118 valence electrons. The van der Waals surface area contributed by atoms with Crippen LogP contribution in [0.1, 0.15) is 11.1 Å². The molecule has 0 N–H and O–H groups in total. The first kappa shape index (κ1) is 15.0. The maximum absolute atomic E-state index is 12.4. The number of esters is 1. The van der Waals surface area contributed by atoms with Gasteiger partial charge in [0.2, 0.25) is 0 Å². The molecular weight excluding hydrogens is 296 g/mol. The Hall–Kier alpha value is -2.96. The SMILES string of the molecule is COC(=O)Cn1cnc2c(cnn2-c2ccc(C)cc2C)c1=O. The Morgan fingerprint density at radius 2 is 2.09 bits per heavy atom. The van der Waals surface area contributed by atoms with Crippen LogP contribution in [0.25, 0.3) is 16.7 Å². The standard InChI is InChI=1S/C16H16N4O3/c1-10-4-5-13(11(2)6-10)20-15-12(7-18-20)16(22)19(9-17-15)8-14(21)23-3/h4-7,9H,8H2,1-3H3. The van der Waals surface area contributed by atoms with Gasteiger partial charge in [0.05, 0.1) is 19.0 Å². The van der Waals surface area contributed by atoms with E-state index < -0.39 is 5.97 Å². The van der Waals surface area contributed by atoms with Gasteiger partial charge < -0.3 is 4.74 Å². The Morgan fingerprint density at radius 3 is 2.78 bits per heavy atom. The van der Waals surface area contributed by atoms with Crippen molar-refractivity contribution in [1.82, 2.24) is 19.3 Å². The molecule has 0 amide bonds. The van der Waals surface area contributed by atoms with Gasteiger partial charge in [-0.25, -0.2) is 9.67 Å². The van der Waals surface area contributed by atoms with E-state index in [2.05, 4.69) is 14.8 Å². The van der Waals surface area contributed by atoms with Crippen molar-refractivity contribution < 1.29 is 9.53 Å². The minimum atomic E-state index is -0.505. The molecule has 0 fully saturated rings. The topological polar surface area (TPSA) is 79.0 Å². The summed E-state index contributed by atoms with van der Waals surface area (Å²) < 4.78 is 7.42. The third-order valence-electron chi connectivity index (χ3n) is 3.66. The summed E-state index contributed by atoms with van der Waals surface area (Å²) in [6, 6.07) is 5.97. The number of rotatable bonds is 3. The number of fused-ring (bicyclic) bond motifs is 1. The molecule has 0 aliphatic carbocycles. The molecule has 3 aromatic rings. The highest BCUT2D eigenvalue weighted by atomic mass is 16.5. The number of methoxy groups -OCH3 is 1. The first-order valence-corrected chi connectivity index (χ1v) is 7.09. The van der Waals surface area contributed by atoms with Crippen molar-refractivity contribution in [3.63, 3.8) is 0 Å². The molecule has 0 aliphatic rings. The van der Waals surface area contributed by atoms with Crippen molar-refractivity contribution >= 4 is 17.0 Å². The molecule has 0 unspecified atom stereocenters. The van der Waals surface area contributed by atoms with Gasteiger partial charge in [-0.3, -0.25) is 14.2 Å². The number of hydrogen-bond acceptors (Lipinski definition) is 5. The first-order valence-electron chi connectivity index (χ1n) is 7.09. The number of aromatic nitrogens is 4. The highest BCUT2D eigenvalue weighted by molar-refractivity contribution is 5.76. The maximum atomic E-state index is 12.4. The van der Waals surface area contributed by atoms with E-state index in [0.717, 1.165) is 16.8 Å². The normalized spacial score (nSPS) is 10.9. The van der Waals surface area contributed by atoms with Crippen molar-refractivity contribution in [1.29, 1.82) is 0 Å². The van der Waals surface area contributed by atoms with Crippen molar-refractivity contribution in [2.24, 2.45) is 0 Å². The van der Waals surface area contributed by atoms with E-state index in [9.17, 15) is 9.59 Å². The summed E-state index contributed by atoms with van der Waals surface area (Å²) in [5.41, 5.74) is 3.19. The zero-order valence-electron chi connectivity index (χ0n) is 13.1. The number of hydrogen-bond donors (Lipinski definition) is 0. The van der Waals surface area contributed by atoms with Crippen LogP contribution in [0.3, 0.4) is 0 Å². The van der Waals surface area contributed by atoms with Crippen LogP contribution in [-0.4, -0.2) is 32.4 Å². The Balaban J connectivity index is 2.14. The van der Waals surface area contributed by atoms with Gasteiger partial charge in [-0.05, 0) is 25.5 Å². The molecule has 2 heterocycles. The summed E-state index contributed by atoms with van der Waals surface area (Å²) in [4.78, 5) is 28.1. The lowest BCUT2D eigenvalue weighted by Crippen LogP contribution is -2.25. The van der Waals surface area contributed by atoms with Crippen LogP contribution in [0.15, 0.2) is 35.5 Å². The second-order valence-corrected chi connectivity index (χ2v) is 5.34. The van der Waals surface area contributed by atoms with Crippen LogP contribution < -0.4 is 5.56 Å². The summed E-state index contributed by atoms with van der Waals surface area (Å²) >= 11 is 0. The van der Waals surface area contributed by atoms with Crippen molar-refractivity contribution in [3.8, 4) is 5.69 Å². The Bertz CT molecular complexity index is 956. The average molecular weight is 312 g/mol. The molecular formula is C16H16N4O3. The van der Waals surface area contributed by atoms with E-state index in [1.165, 1.54) is 24.2 Å². The monoisotopic (exact) mass is 312 g/mol. The molecule has 7 nitrogen and oxygen atoms in total. The van der Waals surface area contributed by atoms with Crippen molar-refractivity contribution in [2.75, 3.05) is 7.11 Å². The predicted molar refractivity (Wildman–Crippen MR) is 84.6 cm³/mol. The number of ether oxygens (including phenoxy) is 1. The highest BCUT2D eigenvalue weighted by Crippen LogP contribution is 2.18. The fourth-order valence-electron chi connectivity index (χ4n) is 2.48. The van der Waals surface area contributed by atoms with Gasteiger partial charge in [-0.1, -0.05) is 17.7 Å². The number of benzene rings is 1. The summed E-state index contributed by atoms with van der Waals surface area (Å²) in [7, 11) is 1.28. The van der Waals surface area contributed by atoms with E-state index in [4.69, 9.17) is 0 Å². The van der Waals surface area contributed by atoms with E-state index in [1.807, 2.05) is 32.0 Å². The third-order valence-corrected chi connectivity index (χ3v) is 3.66. The molecule has 23 heavy (non-hydrogen) atoms. The summed E-state index contributed by atoms with van der Waals surface area (Å²) in [5.74, 6) is -0.505. The third kappa shape index (κ3) is 2.61. The minimum absolute atomic E-state index is 0.174. The molecule has 0 saturated heterocycles. The Morgan fingerprint density at radius 1 is 1.30 bits per heavy atom. The van der Waals surface area contributed by atoms with Crippen LogP contribution in [0.5, 0.6) is 0 Å². The van der Waals surface area contributed by atoms with E-state index in [-0.39, 0.29) is 12.1 Å². The van der Waals surface area contributed by atoms with Gasteiger partial charge in [0, 0.05) is 0 Å². The molecule has 0 atom stereocenters. The molecule has 2 aromatic heterocycles. The number of aryl methyl sites for hydroxylation is 2. The van der Waals surface area contributed by atoms with E-state index in [0.29, 0.717) is 11.0 Å². The minimum Gasteiger partial charge on any atom is -0.468 e. The van der Waals surface area contributed by atoms with Crippen LogP contribution in [-0.2, 0) is 16.1 Å². The number of carbonyl (C=O) groups is 1. The zero-order valence-corrected chi connectivity index (χ0v) is 13.1. The smallest absolute Gasteiger partial charge is 0.325 e. The zero-order chi connectivity index (χ0) is 16.6. The van der Waals surface area contributed by atoms with Crippen molar-refractivity contribution in [3.05, 3.63) is 52.2 Å². The summed E-state index contributed by atoms with van der Waals surface area (Å²) in [5, 5.41) is 4.64. The molecule has 1 aromatic carbocycles. The molecule has 7 heteroatoms. The highest BCUT2D eigenvalue weighted by Gasteiger charge is 2.14. The lowest BCUT2D eigenvalue weighted by molar-refractivity contribution is -0.141. The lowest BCUT2D eigenvalue weighted by atomic mass is 10.1. The van der Waals surface area contributed by atoms with Gasteiger partial charge in [0.25, 0.3) is 5.56 Å². The average Bonchev–Trinajstić information content (AvgIpc) is 2.94. The van der Waals surface area contributed by atoms with E-state index in [1.54, 1.807) is 4.68 Å². The first-order chi connectivity index (χ1) is 11.0. The quantitative estimate of drug-likeness (QED) is 0.683. The van der Waals surface area contributed by atoms with Gasteiger partial charge in [0.15, 0.2) is 5.65 Å². The fraction of sp³-hybridized carbons (Fsp3) is 0.250. The number of nitrogens with zero attached hydrogens (tertiary/aromatic N) is 4. The summed E-state index contributed by atoms with van der Waals surface area (Å²) in [6.45, 7) is 3.82. The van der Waals surface area contributed by atoms with Crippen molar-refractivity contribution in [2.45, 2.75) is 20.4 Å². The molecule has 0 spiro atoms. The second-order valence-electron chi connectivity index (χ2n) is 5.34. The molecule has 0 bridgehead atoms. The molecule has 0 saturated carbocycles. The summed E-state index contributed by atoms with van der Waals surface area (Å²) in [6.07, 6.45) is 2.81. The molecule has 0 aliphatic heterocycles. The maximum Gasteiger partial charge on any atom is 0.325 e. The van der Waals surface area contributed by atoms with E-state index >= 15 is 0 Å². The molecule has 3 rings (SSSR count). The Labute approximate surface area is 132 Å². The van der Waals surface area contributed by atoms with Crippen LogP contribution in [0.4, 0.5) is 0 Å².